The van der Waals surface area contributed by atoms with Crippen LogP contribution in [0.25, 0.3) is 0 Å². The van der Waals surface area contributed by atoms with Crippen molar-refractivity contribution in [3.05, 3.63) is 23.3 Å². The van der Waals surface area contributed by atoms with Gasteiger partial charge in [0.15, 0.2) is 6.10 Å². The Bertz CT molecular complexity index is 1130. The number of esters is 2. The third-order valence-corrected chi connectivity index (χ3v) is 12.8. The summed E-state index contributed by atoms with van der Waals surface area (Å²) in [5.41, 5.74) is 0.554. The van der Waals surface area contributed by atoms with Crippen LogP contribution in [0.2, 0.25) is 0 Å². The number of allylic oxidation sites excluding steroid dienone is 2. The smallest absolute Gasteiger partial charge is 0.335 e. The minimum Gasteiger partial charge on any atom is -0.469 e. The molecule has 44 heavy (non-hydrogen) atoms. The molecule has 1 aliphatic heterocycles. The molecule has 0 unspecified atom stereocenters. The average molecular weight is 617 g/mol. The molecule has 1 heterocycles. The summed E-state index contributed by atoms with van der Waals surface area (Å²) in [4.78, 5) is 26.0. The van der Waals surface area contributed by atoms with Gasteiger partial charge in [0.2, 0.25) is 0 Å². The van der Waals surface area contributed by atoms with E-state index >= 15 is 0 Å². The summed E-state index contributed by atoms with van der Waals surface area (Å²) in [6.45, 7) is 19.4. The lowest BCUT2D eigenvalue weighted by molar-refractivity contribution is -0.214. The predicted molar refractivity (Wildman–Crippen MR) is 172 cm³/mol. The molecule has 1 saturated heterocycles. The van der Waals surface area contributed by atoms with Gasteiger partial charge in [-0.2, -0.15) is 0 Å². The van der Waals surface area contributed by atoms with Crippen LogP contribution < -0.4 is 0 Å². The Kier molecular flexibility index (Phi) is 10.3. The van der Waals surface area contributed by atoms with Crippen LogP contribution in [0.3, 0.4) is 0 Å². The van der Waals surface area contributed by atoms with Gasteiger partial charge in [0.05, 0.1) is 25.4 Å². The summed E-state index contributed by atoms with van der Waals surface area (Å²) in [7, 11) is 1.42. The number of methoxy groups -OCH3 is 1. The molecule has 0 bridgehead atoms. The topological polar surface area (TPSA) is 102 Å². The van der Waals surface area contributed by atoms with Crippen molar-refractivity contribution in [1.82, 2.24) is 0 Å². The maximum absolute atomic E-state index is 13.5. The fourth-order valence-corrected chi connectivity index (χ4v) is 10.3. The van der Waals surface area contributed by atoms with Crippen molar-refractivity contribution < 1.29 is 34.0 Å². The fraction of sp³-hybridized carbons (Fsp3) is 0.838. The monoisotopic (exact) mass is 616 g/mol. The van der Waals surface area contributed by atoms with Gasteiger partial charge in [-0.05, 0) is 107 Å². The molecule has 7 nitrogen and oxygen atoms in total. The van der Waals surface area contributed by atoms with Gasteiger partial charge < -0.3 is 24.4 Å². The summed E-state index contributed by atoms with van der Waals surface area (Å²) in [6.07, 6.45) is 8.99. The van der Waals surface area contributed by atoms with Crippen LogP contribution in [0, 0.1) is 45.8 Å². The van der Waals surface area contributed by atoms with E-state index in [1.165, 1.54) is 18.3 Å². The zero-order valence-electron chi connectivity index (χ0n) is 29.1. The number of hydrogen-bond donors (Lipinski definition) is 2. The zero-order valence-corrected chi connectivity index (χ0v) is 29.1. The summed E-state index contributed by atoms with van der Waals surface area (Å²) in [5.74, 6) is -0.338. The standard InChI is InChI=1S/C37H60O7/c1-11-23(4)32(39)33(40)44-30-20-29(34(5,6)41)36(8,17-15-31(38)42-10)28-14-16-35(7)26(12-13-27(35)37(28,30)9)24-19-25(43-21-24)18-22(2)3/h13,18,23-26,28-30,32,39,41H,11-12,14-17,19-21H2,1-10H3/t23-,24-,25-,26+,28-,29+,30-,32-,35+,36-,37+/m1/s1. The minimum atomic E-state index is -1.20. The molecule has 4 aliphatic rings. The Morgan fingerprint density at radius 3 is 2.48 bits per heavy atom. The predicted octanol–water partition coefficient (Wildman–Crippen LogP) is 6.80. The Balaban J connectivity index is 1.77. The summed E-state index contributed by atoms with van der Waals surface area (Å²) in [6, 6.07) is 0. The molecule has 11 atom stereocenters. The summed E-state index contributed by atoms with van der Waals surface area (Å²) < 4.78 is 17.7. The first-order valence-electron chi connectivity index (χ1n) is 17.1. The number of hydrogen-bond acceptors (Lipinski definition) is 7. The van der Waals surface area contributed by atoms with Gasteiger partial charge in [0.25, 0.3) is 0 Å². The van der Waals surface area contributed by atoms with E-state index in [1.807, 2.05) is 27.7 Å². The Labute approximate surface area is 266 Å². The van der Waals surface area contributed by atoms with E-state index < -0.39 is 34.6 Å². The lowest BCUT2D eigenvalue weighted by Gasteiger charge is -2.66. The third-order valence-electron chi connectivity index (χ3n) is 12.8. The molecule has 7 heteroatoms. The zero-order chi connectivity index (χ0) is 32.8. The Morgan fingerprint density at radius 1 is 1.20 bits per heavy atom. The second kappa shape index (κ2) is 12.8. The highest BCUT2D eigenvalue weighted by Crippen LogP contribution is 2.72. The highest BCUT2D eigenvalue weighted by molar-refractivity contribution is 5.75. The van der Waals surface area contributed by atoms with Crippen LogP contribution in [0.5, 0.6) is 0 Å². The van der Waals surface area contributed by atoms with Crippen molar-refractivity contribution in [2.24, 2.45) is 45.8 Å². The van der Waals surface area contributed by atoms with Gasteiger partial charge in [-0.3, -0.25) is 4.79 Å². The van der Waals surface area contributed by atoms with Crippen LogP contribution in [0.1, 0.15) is 114 Å². The molecule has 2 N–H and O–H groups in total. The number of aliphatic hydroxyl groups is 2. The van der Waals surface area contributed by atoms with Crippen molar-refractivity contribution >= 4 is 11.9 Å². The molecule has 250 valence electrons. The van der Waals surface area contributed by atoms with Crippen molar-refractivity contribution in [3.63, 3.8) is 0 Å². The Morgan fingerprint density at radius 2 is 1.89 bits per heavy atom. The molecule has 0 amide bonds. The number of carbonyl (C=O) groups excluding carboxylic acids is 2. The highest BCUT2D eigenvalue weighted by atomic mass is 16.6. The van der Waals surface area contributed by atoms with E-state index in [0.717, 1.165) is 32.3 Å². The van der Waals surface area contributed by atoms with Crippen LogP contribution in [0.15, 0.2) is 23.3 Å². The molecule has 0 radical (unpaired) electrons. The van der Waals surface area contributed by atoms with Crippen LogP contribution in [0.4, 0.5) is 0 Å². The molecule has 2 saturated carbocycles. The molecule has 4 rings (SSSR count). The van der Waals surface area contributed by atoms with Gasteiger partial charge >= 0.3 is 11.9 Å². The van der Waals surface area contributed by atoms with Crippen molar-refractivity contribution in [2.75, 3.05) is 13.7 Å². The molecular weight excluding hydrogens is 556 g/mol. The normalized spacial score (nSPS) is 39.9. The Hall–Kier alpha value is -1.70. The third kappa shape index (κ3) is 6.19. The fourth-order valence-electron chi connectivity index (χ4n) is 10.3. The van der Waals surface area contributed by atoms with Gasteiger partial charge in [0, 0.05) is 11.8 Å². The van der Waals surface area contributed by atoms with Crippen molar-refractivity contribution in [2.45, 2.75) is 138 Å². The van der Waals surface area contributed by atoms with Crippen molar-refractivity contribution in [1.29, 1.82) is 0 Å². The second-order valence-corrected chi connectivity index (χ2v) is 16.1. The highest BCUT2D eigenvalue weighted by Gasteiger charge is 2.68. The van der Waals surface area contributed by atoms with Crippen LogP contribution in [-0.4, -0.2) is 59.8 Å². The van der Waals surface area contributed by atoms with Crippen molar-refractivity contribution in [3.8, 4) is 0 Å². The molecule has 3 aliphatic carbocycles. The SMILES string of the molecule is CC[C@@H](C)[C@@H](O)C(=O)O[C@@H]1C[C@@H](C(C)(C)O)[C@](C)(CCC(=O)OC)[C@H]2CC[C@]3(C)C(=CC[C@H]3[C@H]3CO[C@H](C=C(C)C)C3)[C@@]21C. The molecule has 0 spiro atoms. The summed E-state index contributed by atoms with van der Waals surface area (Å²) in [5, 5.41) is 22.5. The van der Waals surface area contributed by atoms with Crippen LogP contribution >= 0.6 is 0 Å². The van der Waals surface area contributed by atoms with Gasteiger partial charge in [-0.1, -0.05) is 64.3 Å². The quantitative estimate of drug-likeness (QED) is 0.206. The van der Waals surface area contributed by atoms with Gasteiger partial charge in [0.1, 0.15) is 6.10 Å². The maximum atomic E-state index is 13.5. The molecule has 0 aromatic heterocycles. The number of fused-ring (bicyclic) bond motifs is 3. The first-order chi connectivity index (χ1) is 20.4. The lowest BCUT2D eigenvalue weighted by Crippen LogP contribution is -2.64. The molecular formula is C37H60O7. The first-order valence-corrected chi connectivity index (χ1v) is 17.1. The van der Waals surface area contributed by atoms with E-state index in [1.54, 1.807) is 0 Å². The van der Waals surface area contributed by atoms with E-state index in [9.17, 15) is 19.8 Å². The number of carbonyl (C=O) groups is 2. The van der Waals surface area contributed by atoms with Crippen LogP contribution in [-0.2, 0) is 23.8 Å². The summed E-state index contributed by atoms with van der Waals surface area (Å²) >= 11 is 0. The molecule has 0 aromatic rings. The lowest BCUT2D eigenvalue weighted by atomic mass is 9.39. The number of aliphatic hydroxyl groups excluding tert-OH is 1. The van der Waals surface area contributed by atoms with E-state index in [4.69, 9.17) is 14.2 Å². The minimum absolute atomic E-state index is 0.0553. The maximum Gasteiger partial charge on any atom is 0.335 e. The van der Waals surface area contributed by atoms with E-state index in [0.29, 0.717) is 31.1 Å². The average Bonchev–Trinajstić information content (AvgIpc) is 3.55. The van der Waals surface area contributed by atoms with E-state index in [-0.39, 0.29) is 41.7 Å². The van der Waals surface area contributed by atoms with Gasteiger partial charge in [-0.25, -0.2) is 4.79 Å². The number of ether oxygens (including phenoxy) is 3. The van der Waals surface area contributed by atoms with E-state index in [2.05, 4.69) is 46.8 Å². The molecule has 0 aromatic carbocycles. The first kappa shape index (κ1) is 35.2. The molecule has 3 fully saturated rings. The van der Waals surface area contributed by atoms with Gasteiger partial charge in [-0.15, -0.1) is 0 Å². The number of rotatable bonds is 10. The largest absolute Gasteiger partial charge is 0.469 e. The second-order valence-electron chi connectivity index (χ2n) is 16.1.